The Morgan fingerprint density at radius 2 is 0.892 bits per heavy atom. The largest absolute Gasteiger partial charge is 0.247 e. The molecular formula is C34H73NS2. The highest BCUT2D eigenvalue weighted by Gasteiger charge is 1.86. The summed E-state index contributed by atoms with van der Waals surface area (Å²) < 4.78 is 0. The fraction of sp³-hybridized carbons (Fsp3) is 0.618. The Labute approximate surface area is 247 Å². The molecular weight excluding hydrogens is 487 g/mol. The van der Waals surface area contributed by atoms with E-state index in [0.29, 0.717) is 0 Å². The predicted octanol–water partition coefficient (Wildman–Crippen LogP) is 14.5. The number of hydrogen-bond acceptors (Lipinski definition) is 3. The lowest BCUT2D eigenvalue weighted by Crippen LogP contribution is -1.70. The molecule has 0 saturated heterocycles. The molecule has 1 aromatic carbocycles. The van der Waals surface area contributed by atoms with Crippen molar-refractivity contribution in [3.63, 3.8) is 0 Å². The molecule has 0 aliphatic heterocycles. The summed E-state index contributed by atoms with van der Waals surface area (Å²) in [4.78, 5) is 6.93. The first kappa shape index (κ1) is 60.2. The van der Waals surface area contributed by atoms with Crippen molar-refractivity contribution in [1.82, 2.24) is 4.98 Å². The highest BCUT2D eigenvalue weighted by molar-refractivity contribution is 7.11. The average Bonchev–Trinajstić information content (AvgIpc) is 3.26. The maximum absolute atomic E-state index is 4.13. The number of hydrogen-bond donors (Lipinski definition) is 0. The summed E-state index contributed by atoms with van der Waals surface area (Å²) in [5.41, 5.74) is 3.79. The van der Waals surface area contributed by atoms with Gasteiger partial charge < -0.3 is 0 Å². The van der Waals surface area contributed by atoms with Gasteiger partial charge in [0.1, 0.15) is 0 Å². The quantitative estimate of drug-likeness (QED) is 0.304. The van der Waals surface area contributed by atoms with Crippen molar-refractivity contribution < 1.29 is 0 Å². The molecule has 2 heterocycles. The molecule has 0 N–H and O–H groups in total. The van der Waals surface area contributed by atoms with E-state index in [1.807, 2.05) is 25.2 Å². The number of benzene rings is 1. The van der Waals surface area contributed by atoms with Crippen LogP contribution in [0.25, 0.3) is 0 Å². The van der Waals surface area contributed by atoms with Crippen molar-refractivity contribution in [2.24, 2.45) is 0 Å². The second-order valence-electron chi connectivity index (χ2n) is 7.38. The second-order valence-corrected chi connectivity index (χ2v) is 9.93. The molecule has 0 unspecified atom stereocenters. The number of thiazole rings is 1. The molecule has 3 aromatic rings. The first-order valence-electron chi connectivity index (χ1n) is 11.1. The maximum Gasteiger partial charge on any atom is 0.0897 e. The second kappa shape index (κ2) is 41.7. The first-order chi connectivity index (χ1) is 14.2. The zero-order chi connectivity index (χ0) is 23.4. The standard InChI is InChI=1S/C8H10.C6H8S.C5H7NS.C5H12.C3H8.7CH4/c1-7-3-5-8(2)6-4-7;1-5-3-4-6(2)7-5;1-4-3-7-5(2)6-4;1-3-5-4-2;1-3-2;;;;;;;/h3-6H,1-2H3;3-4H,1-2H3;3H,1-2H3;3-5H2,1-2H3;3H2,1-2H3;7*1H4. The minimum absolute atomic E-state index is 0. The molecule has 0 saturated carbocycles. The van der Waals surface area contributed by atoms with Crippen LogP contribution in [-0.2, 0) is 0 Å². The molecule has 226 valence electrons. The third-order valence-corrected chi connectivity index (χ3v) is 5.34. The Morgan fingerprint density at radius 1 is 0.568 bits per heavy atom. The van der Waals surface area contributed by atoms with Gasteiger partial charge >= 0.3 is 0 Å². The van der Waals surface area contributed by atoms with Crippen LogP contribution in [0.5, 0.6) is 0 Å². The Hall–Kier alpha value is -1.45. The number of unbranched alkanes of at least 4 members (excludes halogenated alkanes) is 2. The van der Waals surface area contributed by atoms with E-state index in [0.717, 1.165) is 10.7 Å². The van der Waals surface area contributed by atoms with Gasteiger partial charge in [0.2, 0.25) is 0 Å². The summed E-state index contributed by atoms with van der Waals surface area (Å²) in [6.45, 7) is 21.1. The lowest BCUT2D eigenvalue weighted by molar-refractivity contribution is 0.772. The number of rotatable bonds is 2. The van der Waals surface area contributed by atoms with Gasteiger partial charge in [-0.25, -0.2) is 4.98 Å². The molecule has 0 radical (unpaired) electrons. The summed E-state index contributed by atoms with van der Waals surface area (Å²) in [7, 11) is 0. The van der Waals surface area contributed by atoms with E-state index in [4.69, 9.17) is 0 Å². The fourth-order valence-corrected chi connectivity index (χ4v) is 3.39. The van der Waals surface area contributed by atoms with Crippen LogP contribution in [0.2, 0.25) is 0 Å². The van der Waals surface area contributed by atoms with E-state index >= 15 is 0 Å². The molecule has 0 spiro atoms. The normalized spacial score (nSPS) is 7.19. The Morgan fingerprint density at radius 3 is 1.00 bits per heavy atom. The molecule has 0 aliphatic carbocycles. The van der Waals surface area contributed by atoms with Gasteiger partial charge in [0.15, 0.2) is 0 Å². The zero-order valence-electron chi connectivity index (χ0n) is 21.1. The molecule has 0 amide bonds. The summed E-state index contributed by atoms with van der Waals surface area (Å²) in [6.07, 6.45) is 5.33. The van der Waals surface area contributed by atoms with E-state index in [-0.39, 0.29) is 52.0 Å². The van der Waals surface area contributed by atoms with Crippen molar-refractivity contribution in [2.45, 2.75) is 147 Å². The zero-order valence-corrected chi connectivity index (χ0v) is 22.8. The lowest BCUT2D eigenvalue weighted by atomic mass is 10.2. The summed E-state index contributed by atoms with van der Waals surface area (Å²) in [6, 6.07) is 12.8. The number of aromatic nitrogens is 1. The van der Waals surface area contributed by atoms with Crippen molar-refractivity contribution in [3.05, 3.63) is 73.4 Å². The van der Waals surface area contributed by atoms with Crippen LogP contribution >= 0.6 is 22.7 Å². The molecule has 2 aromatic heterocycles. The number of thiophene rings is 1. The summed E-state index contributed by atoms with van der Waals surface area (Å²) >= 11 is 3.54. The van der Waals surface area contributed by atoms with Crippen LogP contribution in [0, 0.1) is 41.5 Å². The van der Waals surface area contributed by atoms with Crippen LogP contribution in [0.1, 0.15) is 137 Å². The minimum atomic E-state index is 0. The lowest BCUT2D eigenvalue weighted by Gasteiger charge is -1.90. The van der Waals surface area contributed by atoms with Crippen molar-refractivity contribution in [1.29, 1.82) is 0 Å². The van der Waals surface area contributed by atoms with Gasteiger partial charge in [-0.1, -0.05) is 141 Å². The Bertz CT molecular complexity index is 630. The van der Waals surface area contributed by atoms with Gasteiger partial charge in [-0.05, 0) is 53.7 Å². The maximum atomic E-state index is 4.13. The van der Waals surface area contributed by atoms with Crippen molar-refractivity contribution in [2.75, 3.05) is 0 Å². The van der Waals surface area contributed by atoms with E-state index in [1.165, 1.54) is 46.6 Å². The molecule has 0 bridgehead atoms. The Balaban J connectivity index is -0.0000000371. The summed E-state index contributed by atoms with van der Waals surface area (Å²) in [5, 5.41) is 3.20. The number of aryl methyl sites for hydroxylation is 6. The highest BCUT2D eigenvalue weighted by Crippen LogP contribution is 2.12. The predicted molar refractivity (Wildman–Crippen MR) is 190 cm³/mol. The van der Waals surface area contributed by atoms with E-state index in [1.54, 1.807) is 11.3 Å². The molecule has 3 rings (SSSR count). The van der Waals surface area contributed by atoms with Crippen LogP contribution in [0.3, 0.4) is 0 Å². The third-order valence-electron chi connectivity index (χ3n) is 3.53. The average molecular weight is 560 g/mol. The molecule has 3 heteroatoms. The van der Waals surface area contributed by atoms with Crippen LogP contribution in [0.4, 0.5) is 0 Å². The van der Waals surface area contributed by atoms with Gasteiger partial charge in [0, 0.05) is 20.8 Å². The molecule has 0 aliphatic rings. The van der Waals surface area contributed by atoms with Crippen molar-refractivity contribution >= 4 is 22.7 Å². The van der Waals surface area contributed by atoms with E-state index in [2.05, 4.69) is 102 Å². The van der Waals surface area contributed by atoms with Gasteiger partial charge in [-0.15, -0.1) is 22.7 Å². The van der Waals surface area contributed by atoms with Crippen LogP contribution in [-0.4, -0.2) is 4.98 Å². The highest BCUT2D eigenvalue weighted by atomic mass is 32.1. The van der Waals surface area contributed by atoms with Gasteiger partial charge in [0.25, 0.3) is 0 Å². The minimum Gasteiger partial charge on any atom is -0.247 e. The molecule has 37 heavy (non-hydrogen) atoms. The third kappa shape index (κ3) is 44.9. The monoisotopic (exact) mass is 560 g/mol. The molecule has 1 nitrogen and oxygen atoms in total. The van der Waals surface area contributed by atoms with Gasteiger partial charge in [0.05, 0.1) is 5.01 Å². The van der Waals surface area contributed by atoms with Crippen LogP contribution in [0.15, 0.2) is 41.8 Å². The van der Waals surface area contributed by atoms with Crippen LogP contribution < -0.4 is 0 Å². The van der Waals surface area contributed by atoms with Gasteiger partial charge in [-0.2, -0.15) is 0 Å². The topological polar surface area (TPSA) is 12.9 Å². The van der Waals surface area contributed by atoms with E-state index < -0.39 is 0 Å². The van der Waals surface area contributed by atoms with E-state index in [9.17, 15) is 0 Å². The SMILES string of the molecule is C.C.C.C.C.C.C.CCC.CCCCC.Cc1ccc(C)cc1.Cc1ccc(C)s1.Cc1csc(C)n1. The molecule has 0 fully saturated rings. The first-order valence-corrected chi connectivity index (χ1v) is 12.8. The smallest absolute Gasteiger partial charge is 0.0897 e. The van der Waals surface area contributed by atoms with Gasteiger partial charge in [-0.3, -0.25) is 0 Å². The Kier molecular flexibility index (Phi) is 67.8. The van der Waals surface area contributed by atoms with Crippen molar-refractivity contribution in [3.8, 4) is 0 Å². The number of nitrogens with zero attached hydrogens (tertiary/aromatic N) is 1. The summed E-state index contributed by atoms with van der Waals surface area (Å²) in [5.74, 6) is 0. The fourth-order valence-electron chi connectivity index (χ4n) is 2.02. The molecule has 0 atom stereocenters.